The predicted octanol–water partition coefficient (Wildman–Crippen LogP) is 3.58. The lowest BCUT2D eigenvalue weighted by Crippen LogP contribution is -2.26. The van der Waals surface area contributed by atoms with Crippen molar-refractivity contribution in [3.05, 3.63) is 22.7 Å². The van der Waals surface area contributed by atoms with Crippen LogP contribution in [0.25, 0.3) is 0 Å². The molecule has 0 bridgehead atoms. The average molecular weight is 268 g/mol. The van der Waals surface area contributed by atoms with Gasteiger partial charge < -0.3 is 10.1 Å². The monoisotopic (exact) mass is 267 g/mol. The van der Waals surface area contributed by atoms with Crippen LogP contribution in [-0.4, -0.2) is 18.9 Å². The first-order valence-corrected chi connectivity index (χ1v) is 6.60. The van der Waals surface area contributed by atoms with Gasteiger partial charge in [0, 0.05) is 30.0 Å². The molecule has 1 aromatic carbocycles. The number of hydrogen-bond acceptors (Lipinski definition) is 3. The zero-order valence-corrected chi connectivity index (χ0v) is 11.5. The number of hydrogen-bond donors (Lipinski definition) is 1. The molecule has 0 aromatic heterocycles. The van der Waals surface area contributed by atoms with Gasteiger partial charge in [-0.05, 0) is 31.4 Å². The van der Waals surface area contributed by atoms with Crippen molar-refractivity contribution in [1.82, 2.24) is 0 Å². The highest BCUT2D eigenvalue weighted by Gasteiger charge is 2.19. The molecule has 0 heterocycles. The molecule has 2 rings (SSSR count). The molecule has 0 amide bonds. The molecule has 1 saturated carbocycles. The highest BCUT2D eigenvalue weighted by atomic mass is 35.5. The summed E-state index contributed by atoms with van der Waals surface area (Å²) in [5.41, 5.74) is 1.98. The molecule has 1 N–H and O–H groups in total. The minimum absolute atomic E-state index is 0.345. The molecule has 0 saturated heterocycles. The maximum Gasteiger partial charge on any atom is 0.143 e. The highest BCUT2D eigenvalue weighted by molar-refractivity contribution is 6.31. The molecule has 1 aliphatic rings. The Morgan fingerprint density at radius 1 is 1.33 bits per heavy atom. The Kier molecular flexibility index (Phi) is 4.12. The van der Waals surface area contributed by atoms with Crippen molar-refractivity contribution >= 4 is 23.1 Å². The van der Waals surface area contributed by atoms with Gasteiger partial charge in [0.25, 0.3) is 0 Å². The summed E-state index contributed by atoms with van der Waals surface area (Å²) < 4.78 is 5.33. The van der Waals surface area contributed by atoms with Crippen LogP contribution >= 0.6 is 11.6 Å². The molecule has 18 heavy (non-hydrogen) atoms. The molecular weight excluding hydrogens is 250 g/mol. The van der Waals surface area contributed by atoms with E-state index in [0.29, 0.717) is 29.7 Å². The molecule has 4 heteroatoms. The lowest BCUT2D eigenvalue weighted by atomic mass is 9.94. The first-order chi connectivity index (χ1) is 8.60. The van der Waals surface area contributed by atoms with Crippen LogP contribution in [0.15, 0.2) is 12.1 Å². The van der Waals surface area contributed by atoms with Gasteiger partial charge in [-0.3, -0.25) is 4.79 Å². The van der Waals surface area contributed by atoms with E-state index in [9.17, 15) is 4.79 Å². The van der Waals surface area contributed by atoms with E-state index >= 15 is 0 Å². The quantitative estimate of drug-likeness (QED) is 0.910. The summed E-state index contributed by atoms with van der Waals surface area (Å²) in [6.45, 7) is 1.97. The fourth-order valence-corrected chi connectivity index (χ4v) is 2.40. The number of Topliss-reactive ketones (excluding diaryl/α,β-unsaturated/α-hetero) is 1. The summed E-state index contributed by atoms with van der Waals surface area (Å²) >= 11 is 6.07. The molecule has 0 spiro atoms. The van der Waals surface area contributed by atoms with Crippen LogP contribution in [0.4, 0.5) is 5.69 Å². The van der Waals surface area contributed by atoms with Gasteiger partial charge in [-0.2, -0.15) is 0 Å². The Balaban J connectivity index is 2.13. The van der Waals surface area contributed by atoms with Gasteiger partial charge in [0.1, 0.15) is 11.5 Å². The normalized spacial score (nSPS) is 16.7. The summed E-state index contributed by atoms with van der Waals surface area (Å²) in [6.07, 6.45) is 3.13. The molecule has 1 fully saturated rings. The van der Waals surface area contributed by atoms with E-state index in [2.05, 4.69) is 5.32 Å². The first-order valence-electron chi connectivity index (χ1n) is 6.22. The number of aryl methyl sites for hydroxylation is 1. The van der Waals surface area contributed by atoms with Crippen LogP contribution in [0.1, 0.15) is 31.2 Å². The SMILES string of the molecule is COc1cc(Cl)c(C)cc1NC1CCC(=O)CC1. The number of carbonyl (C=O) groups is 1. The summed E-state index contributed by atoms with van der Waals surface area (Å²) in [6, 6.07) is 4.17. The third-order valence-corrected chi connectivity index (χ3v) is 3.79. The number of ketones is 1. The van der Waals surface area contributed by atoms with Crippen LogP contribution in [0.3, 0.4) is 0 Å². The Morgan fingerprint density at radius 3 is 2.61 bits per heavy atom. The van der Waals surface area contributed by atoms with E-state index in [1.54, 1.807) is 7.11 Å². The van der Waals surface area contributed by atoms with E-state index in [1.165, 1.54) is 0 Å². The molecule has 0 atom stereocenters. The standard InChI is InChI=1S/C14H18ClNO2/c1-9-7-13(14(18-2)8-12(9)15)16-10-3-5-11(17)6-4-10/h7-8,10,16H,3-6H2,1-2H3. The Hall–Kier alpha value is -1.22. The first kappa shape index (κ1) is 13.2. The van der Waals surface area contributed by atoms with Gasteiger partial charge in [0.15, 0.2) is 0 Å². The largest absolute Gasteiger partial charge is 0.495 e. The lowest BCUT2D eigenvalue weighted by molar-refractivity contribution is -0.120. The zero-order valence-electron chi connectivity index (χ0n) is 10.8. The molecule has 1 aliphatic carbocycles. The Morgan fingerprint density at radius 2 is 2.00 bits per heavy atom. The second kappa shape index (κ2) is 5.61. The molecule has 98 valence electrons. The minimum atomic E-state index is 0.345. The van der Waals surface area contributed by atoms with Crippen LogP contribution in [-0.2, 0) is 4.79 Å². The van der Waals surface area contributed by atoms with E-state index < -0.39 is 0 Å². The topological polar surface area (TPSA) is 38.3 Å². The molecule has 0 aliphatic heterocycles. The van der Waals surface area contributed by atoms with Crippen molar-refractivity contribution in [2.24, 2.45) is 0 Å². The number of benzene rings is 1. The van der Waals surface area contributed by atoms with Crippen molar-refractivity contribution in [3.63, 3.8) is 0 Å². The van der Waals surface area contributed by atoms with Gasteiger partial charge in [0.05, 0.1) is 12.8 Å². The molecular formula is C14H18ClNO2. The Bertz CT molecular complexity index is 449. The second-order valence-corrected chi connectivity index (χ2v) is 5.17. The maximum absolute atomic E-state index is 11.2. The van der Waals surface area contributed by atoms with Crippen molar-refractivity contribution < 1.29 is 9.53 Å². The van der Waals surface area contributed by atoms with Crippen LogP contribution in [0, 0.1) is 6.92 Å². The highest BCUT2D eigenvalue weighted by Crippen LogP contribution is 2.32. The fourth-order valence-electron chi connectivity index (χ4n) is 2.25. The summed E-state index contributed by atoms with van der Waals surface area (Å²) in [5.74, 6) is 1.12. The summed E-state index contributed by atoms with van der Waals surface area (Å²) in [7, 11) is 1.64. The van der Waals surface area contributed by atoms with Gasteiger partial charge in [-0.25, -0.2) is 0 Å². The van der Waals surface area contributed by atoms with Gasteiger partial charge in [0.2, 0.25) is 0 Å². The smallest absolute Gasteiger partial charge is 0.143 e. The van der Waals surface area contributed by atoms with Crippen molar-refractivity contribution in [2.45, 2.75) is 38.6 Å². The number of halogens is 1. The summed E-state index contributed by atoms with van der Waals surface area (Å²) in [4.78, 5) is 11.2. The minimum Gasteiger partial charge on any atom is -0.495 e. The van der Waals surface area contributed by atoms with Crippen molar-refractivity contribution in [1.29, 1.82) is 0 Å². The van der Waals surface area contributed by atoms with Crippen molar-refractivity contribution in [2.75, 3.05) is 12.4 Å². The van der Waals surface area contributed by atoms with E-state index in [4.69, 9.17) is 16.3 Å². The number of rotatable bonds is 3. The van der Waals surface area contributed by atoms with E-state index in [1.807, 2.05) is 19.1 Å². The number of methoxy groups -OCH3 is 1. The van der Waals surface area contributed by atoms with Crippen LogP contribution in [0.2, 0.25) is 5.02 Å². The number of anilines is 1. The third kappa shape index (κ3) is 2.96. The Labute approximate surface area is 112 Å². The van der Waals surface area contributed by atoms with Crippen LogP contribution < -0.4 is 10.1 Å². The molecule has 3 nitrogen and oxygen atoms in total. The van der Waals surface area contributed by atoms with E-state index in [0.717, 1.165) is 29.8 Å². The van der Waals surface area contributed by atoms with Gasteiger partial charge in [-0.15, -0.1) is 0 Å². The number of nitrogens with one attached hydrogen (secondary N) is 1. The number of carbonyl (C=O) groups excluding carboxylic acids is 1. The fraction of sp³-hybridized carbons (Fsp3) is 0.500. The van der Waals surface area contributed by atoms with Crippen molar-refractivity contribution in [3.8, 4) is 5.75 Å². The zero-order chi connectivity index (χ0) is 13.1. The number of ether oxygens (including phenoxy) is 1. The third-order valence-electron chi connectivity index (χ3n) is 3.38. The molecule has 0 radical (unpaired) electrons. The summed E-state index contributed by atoms with van der Waals surface area (Å²) in [5, 5.41) is 4.16. The molecule has 1 aromatic rings. The van der Waals surface area contributed by atoms with Gasteiger partial charge in [-0.1, -0.05) is 11.6 Å². The van der Waals surface area contributed by atoms with E-state index in [-0.39, 0.29) is 0 Å². The lowest BCUT2D eigenvalue weighted by Gasteiger charge is -2.24. The average Bonchev–Trinajstić information content (AvgIpc) is 2.36. The predicted molar refractivity (Wildman–Crippen MR) is 73.6 cm³/mol. The van der Waals surface area contributed by atoms with Crippen LogP contribution in [0.5, 0.6) is 5.75 Å². The van der Waals surface area contributed by atoms with Gasteiger partial charge >= 0.3 is 0 Å². The maximum atomic E-state index is 11.2. The second-order valence-electron chi connectivity index (χ2n) is 4.76. The molecule has 0 unspecified atom stereocenters.